The normalized spacial score (nSPS) is 20.4. The second-order valence-electron chi connectivity index (χ2n) is 7.23. The van der Waals surface area contributed by atoms with Gasteiger partial charge in [-0.2, -0.15) is 0 Å². The van der Waals surface area contributed by atoms with Crippen molar-refractivity contribution in [3.63, 3.8) is 0 Å². The zero-order valence-electron chi connectivity index (χ0n) is 15.0. The first-order valence-electron chi connectivity index (χ1n) is 8.06. The Morgan fingerprint density at radius 1 is 1.30 bits per heavy atom. The second-order valence-corrected chi connectivity index (χ2v) is 7.23. The van der Waals surface area contributed by atoms with Gasteiger partial charge in [0.05, 0.1) is 6.54 Å². The Morgan fingerprint density at radius 2 is 1.91 bits per heavy atom. The van der Waals surface area contributed by atoms with Gasteiger partial charge in [-0.3, -0.25) is 9.69 Å². The van der Waals surface area contributed by atoms with Crippen molar-refractivity contribution in [3.05, 3.63) is 28.8 Å². The molecule has 0 saturated carbocycles. The molecule has 1 aromatic rings. The largest absolute Gasteiger partial charge is 0.324 e. The minimum atomic E-state index is 0. The summed E-state index contributed by atoms with van der Waals surface area (Å²) in [7, 11) is 2.03. The molecule has 1 atom stereocenters. The number of benzene rings is 1. The van der Waals surface area contributed by atoms with E-state index in [-0.39, 0.29) is 23.7 Å². The van der Waals surface area contributed by atoms with Crippen LogP contribution in [0.5, 0.6) is 0 Å². The summed E-state index contributed by atoms with van der Waals surface area (Å²) in [5, 5.41) is 6.48. The molecule has 0 bridgehead atoms. The number of rotatable bonds is 5. The van der Waals surface area contributed by atoms with Crippen molar-refractivity contribution in [2.75, 3.05) is 38.5 Å². The first-order chi connectivity index (χ1) is 10.3. The summed E-state index contributed by atoms with van der Waals surface area (Å²) in [6.45, 7) is 12.0. The molecule has 1 heterocycles. The molecule has 4 nitrogen and oxygen atoms in total. The van der Waals surface area contributed by atoms with E-state index in [0.29, 0.717) is 6.54 Å². The van der Waals surface area contributed by atoms with Crippen LogP contribution in [0.1, 0.15) is 30.0 Å². The number of halogens is 1. The van der Waals surface area contributed by atoms with Crippen molar-refractivity contribution < 1.29 is 4.79 Å². The molecule has 1 aliphatic rings. The number of likely N-dealkylation sites (N-methyl/N-ethyl adjacent to an activating group) is 1. The second kappa shape index (κ2) is 8.13. The smallest absolute Gasteiger partial charge is 0.238 e. The molecule has 1 aliphatic heterocycles. The van der Waals surface area contributed by atoms with Crippen molar-refractivity contribution in [1.29, 1.82) is 0 Å². The number of nitrogens with zero attached hydrogens (tertiary/aromatic N) is 1. The summed E-state index contributed by atoms with van der Waals surface area (Å²) in [6.07, 6.45) is 1.18. The van der Waals surface area contributed by atoms with Gasteiger partial charge in [-0.15, -0.1) is 12.4 Å². The van der Waals surface area contributed by atoms with E-state index in [1.54, 1.807) is 0 Å². The van der Waals surface area contributed by atoms with Crippen LogP contribution < -0.4 is 10.6 Å². The predicted octanol–water partition coefficient (Wildman–Crippen LogP) is 2.90. The maximum atomic E-state index is 12.3. The maximum Gasteiger partial charge on any atom is 0.238 e. The third-order valence-electron chi connectivity index (χ3n) is 4.46. The van der Waals surface area contributed by atoms with Crippen molar-refractivity contribution >= 4 is 24.0 Å². The lowest BCUT2D eigenvalue weighted by molar-refractivity contribution is -0.117. The van der Waals surface area contributed by atoms with E-state index in [0.717, 1.165) is 36.4 Å². The monoisotopic (exact) mass is 339 g/mol. The van der Waals surface area contributed by atoms with E-state index in [4.69, 9.17) is 0 Å². The fourth-order valence-corrected chi connectivity index (χ4v) is 3.51. The van der Waals surface area contributed by atoms with E-state index in [1.165, 1.54) is 12.0 Å². The SMILES string of the molecule is Cc1cc(C)c(NC(=O)CN(C)CC2(C)CCNC2)c(C)c1.Cl. The minimum Gasteiger partial charge on any atom is -0.324 e. The Balaban J connectivity index is 0.00000264. The molecule has 0 radical (unpaired) electrons. The van der Waals surface area contributed by atoms with Gasteiger partial charge < -0.3 is 10.6 Å². The summed E-state index contributed by atoms with van der Waals surface area (Å²) >= 11 is 0. The van der Waals surface area contributed by atoms with Gasteiger partial charge in [0, 0.05) is 18.8 Å². The summed E-state index contributed by atoms with van der Waals surface area (Å²) in [4.78, 5) is 14.4. The fraction of sp³-hybridized carbons (Fsp3) is 0.611. The van der Waals surface area contributed by atoms with E-state index >= 15 is 0 Å². The molecule has 1 amide bonds. The summed E-state index contributed by atoms with van der Waals surface area (Å²) in [5.74, 6) is 0.0621. The number of hydrogen-bond donors (Lipinski definition) is 2. The average Bonchev–Trinajstić information content (AvgIpc) is 2.79. The van der Waals surface area contributed by atoms with Crippen LogP contribution in [0.2, 0.25) is 0 Å². The van der Waals surface area contributed by atoms with E-state index < -0.39 is 0 Å². The lowest BCUT2D eigenvalue weighted by Crippen LogP contribution is -2.39. The first-order valence-corrected chi connectivity index (χ1v) is 8.06. The number of hydrogen-bond acceptors (Lipinski definition) is 3. The number of aryl methyl sites for hydroxylation is 3. The van der Waals surface area contributed by atoms with Gasteiger partial charge in [-0.05, 0) is 57.3 Å². The van der Waals surface area contributed by atoms with Gasteiger partial charge in [0.25, 0.3) is 0 Å². The van der Waals surface area contributed by atoms with Crippen molar-refractivity contribution in [2.45, 2.75) is 34.1 Å². The van der Waals surface area contributed by atoms with Gasteiger partial charge in [0.15, 0.2) is 0 Å². The van der Waals surface area contributed by atoms with E-state index in [9.17, 15) is 4.79 Å². The molecule has 0 aliphatic carbocycles. The van der Waals surface area contributed by atoms with Crippen LogP contribution in [0.25, 0.3) is 0 Å². The molecule has 1 unspecified atom stereocenters. The molecule has 5 heteroatoms. The van der Waals surface area contributed by atoms with Crippen LogP contribution in [-0.2, 0) is 4.79 Å². The van der Waals surface area contributed by atoms with E-state index in [2.05, 4.69) is 41.5 Å². The topological polar surface area (TPSA) is 44.4 Å². The molecule has 0 spiro atoms. The Hall–Kier alpha value is -1.10. The highest BCUT2D eigenvalue weighted by Crippen LogP contribution is 2.25. The molecular weight excluding hydrogens is 310 g/mol. The van der Waals surface area contributed by atoms with Crippen LogP contribution in [-0.4, -0.2) is 44.0 Å². The zero-order valence-corrected chi connectivity index (χ0v) is 15.8. The number of carbonyl (C=O) groups is 1. The number of carbonyl (C=O) groups excluding carboxylic acids is 1. The predicted molar refractivity (Wildman–Crippen MR) is 99.6 cm³/mol. The standard InChI is InChI=1S/C18H29N3O.ClH/c1-13-8-14(2)17(15(3)9-13)20-16(22)10-21(5)12-18(4)6-7-19-11-18;/h8-9,19H,6-7,10-12H2,1-5H3,(H,20,22);1H. The quantitative estimate of drug-likeness (QED) is 0.867. The van der Waals surface area contributed by atoms with E-state index in [1.807, 2.05) is 20.9 Å². The van der Waals surface area contributed by atoms with Gasteiger partial charge in [-0.25, -0.2) is 0 Å². The van der Waals surface area contributed by atoms with Crippen LogP contribution in [0.15, 0.2) is 12.1 Å². The molecule has 1 fully saturated rings. The van der Waals surface area contributed by atoms with Crippen molar-refractivity contribution in [3.8, 4) is 0 Å². The summed E-state index contributed by atoms with van der Waals surface area (Å²) in [6, 6.07) is 4.22. The fourth-order valence-electron chi connectivity index (χ4n) is 3.51. The van der Waals surface area contributed by atoms with Crippen molar-refractivity contribution in [1.82, 2.24) is 10.2 Å². The molecule has 23 heavy (non-hydrogen) atoms. The minimum absolute atomic E-state index is 0. The highest BCUT2D eigenvalue weighted by atomic mass is 35.5. The highest BCUT2D eigenvalue weighted by Gasteiger charge is 2.30. The lowest BCUT2D eigenvalue weighted by atomic mass is 9.89. The average molecular weight is 340 g/mol. The molecule has 130 valence electrons. The van der Waals surface area contributed by atoms with Gasteiger partial charge >= 0.3 is 0 Å². The molecular formula is C18H30ClN3O. The Labute approximate surface area is 146 Å². The molecule has 0 aromatic heterocycles. The van der Waals surface area contributed by atoms with Gasteiger partial charge in [0.1, 0.15) is 0 Å². The third kappa shape index (κ3) is 5.48. The molecule has 1 saturated heterocycles. The van der Waals surface area contributed by atoms with Crippen LogP contribution >= 0.6 is 12.4 Å². The Morgan fingerprint density at radius 3 is 2.43 bits per heavy atom. The van der Waals surface area contributed by atoms with Gasteiger partial charge in [0.2, 0.25) is 5.91 Å². The van der Waals surface area contributed by atoms with Crippen LogP contribution in [0.4, 0.5) is 5.69 Å². The van der Waals surface area contributed by atoms with Crippen LogP contribution in [0.3, 0.4) is 0 Å². The molecule has 2 rings (SSSR count). The zero-order chi connectivity index (χ0) is 16.3. The number of nitrogens with one attached hydrogen (secondary N) is 2. The lowest BCUT2D eigenvalue weighted by Gasteiger charge is -2.28. The molecule has 2 N–H and O–H groups in total. The van der Waals surface area contributed by atoms with Crippen LogP contribution in [0, 0.1) is 26.2 Å². The third-order valence-corrected chi connectivity index (χ3v) is 4.46. The Bertz CT molecular complexity index is 530. The summed E-state index contributed by atoms with van der Waals surface area (Å²) < 4.78 is 0. The number of amides is 1. The molecule has 1 aromatic carbocycles. The first kappa shape index (κ1) is 19.9. The summed E-state index contributed by atoms with van der Waals surface area (Å²) in [5.41, 5.74) is 4.72. The number of anilines is 1. The Kier molecular flexibility index (Phi) is 7.05. The maximum absolute atomic E-state index is 12.3. The van der Waals surface area contributed by atoms with Crippen molar-refractivity contribution in [2.24, 2.45) is 5.41 Å². The van der Waals surface area contributed by atoms with Gasteiger partial charge in [-0.1, -0.05) is 24.6 Å². The highest BCUT2D eigenvalue weighted by molar-refractivity contribution is 5.93.